The van der Waals surface area contributed by atoms with E-state index in [0.29, 0.717) is 0 Å². The summed E-state index contributed by atoms with van der Waals surface area (Å²) < 4.78 is 5.35. The molecule has 0 bridgehead atoms. The maximum atomic E-state index is 5.35. The average Bonchev–Trinajstić information content (AvgIpc) is 2.79. The first-order valence-electron chi connectivity index (χ1n) is 5.53. The molecule has 0 saturated carbocycles. The van der Waals surface area contributed by atoms with Crippen molar-refractivity contribution < 1.29 is 4.74 Å². The van der Waals surface area contributed by atoms with Crippen molar-refractivity contribution >= 4 is 17.0 Å². The average molecular weight is 261 g/mol. The Labute approximate surface area is 110 Å². The van der Waals surface area contributed by atoms with Crippen LogP contribution in [0.1, 0.15) is 17.5 Å². The number of hydrogen-bond acceptors (Lipinski definition) is 5. The van der Waals surface area contributed by atoms with Crippen LogP contribution in [0.25, 0.3) is 10.6 Å². The minimum Gasteiger partial charge on any atom is -0.496 e. The highest BCUT2D eigenvalue weighted by Crippen LogP contribution is 2.34. The summed E-state index contributed by atoms with van der Waals surface area (Å²) in [6.07, 6.45) is 0. The van der Waals surface area contributed by atoms with Crippen LogP contribution in [0, 0.1) is 6.92 Å². The zero-order chi connectivity index (χ0) is 13.1. The number of para-hydroxylation sites is 1. The fraction of sp³-hybridized carbons (Fsp3) is 0.231. The van der Waals surface area contributed by atoms with E-state index in [1.165, 1.54) is 0 Å². The van der Waals surface area contributed by atoms with E-state index in [4.69, 9.17) is 10.6 Å². The van der Waals surface area contributed by atoms with Gasteiger partial charge in [-0.2, -0.15) is 5.10 Å². The number of hydrazone groups is 1. The molecule has 0 unspecified atom stereocenters. The highest BCUT2D eigenvalue weighted by atomic mass is 32.1. The quantitative estimate of drug-likeness (QED) is 0.525. The third-order valence-electron chi connectivity index (χ3n) is 2.66. The number of aryl methyl sites for hydroxylation is 1. The Bertz CT molecular complexity index is 590. The number of ether oxygens (including phenoxy) is 1. The Balaban J connectivity index is 2.52. The molecule has 1 aromatic carbocycles. The largest absolute Gasteiger partial charge is 0.496 e. The molecule has 18 heavy (non-hydrogen) atoms. The van der Waals surface area contributed by atoms with Gasteiger partial charge in [-0.05, 0) is 26.0 Å². The van der Waals surface area contributed by atoms with Gasteiger partial charge in [0, 0.05) is 0 Å². The second kappa shape index (κ2) is 5.18. The van der Waals surface area contributed by atoms with E-state index < -0.39 is 0 Å². The Morgan fingerprint density at radius 3 is 2.78 bits per heavy atom. The van der Waals surface area contributed by atoms with Gasteiger partial charge in [0.05, 0.1) is 29.0 Å². The van der Waals surface area contributed by atoms with Gasteiger partial charge in [0.25, 0.3) is 0 Å². The number of rotatable bonds is 3. The topological polar surface area (TPSA) is 60.5 Å². The van der Waals surface area contributed by atoms with Gasteiger partial charge in [0.15, 0.2) is 0 Å². The first-order chi connectivity index (χ1) is 8.67. The van der Waals surface area contributed by atoms with Crippen molar-refractivity contribution in [3.05, 3.63) is 34.8 Å². The van der Waals surface area contributed by atoms with Crippen LogP contribution in [-0.4, -0.2) is 17.8 Å². The summed E-state index contributed by atoms with van der Waals surface area (Å²) in [6, 6.07) is 7.83. The lowest BCUT2D eigenvalue weighted by Gasteiger charge is -2.04. The summed E-state index contributed by atoms with van der Waals surface area (Å²) in [5.74, 6) is 6.14. The number of thiazole rings is 1. The van der Waals surface area contributed by atoms with Gasteiger partial charge in [0.1, 0.15) is 10.8 Å². The van der Waals surface area contributed by atoms with Crippen LogP contribution in [0.4, 0.5) is 0 Å². The van der Waals surface area contributed by atoms with Crippen molar-refractivity contribution in [3.8, 4) is 16.3 Å². The van der Waals surface area contributed by atoms with Crippen molar-refractivity contribution in [1.82, 2.24) is 4.98 Å². The van der Waals surface area contributed by atoms with Crippen molar-refractivity contribution in [2.45, 2.75) is 13.8 Å². The van der Waals surface area contributed by atoms with E-state index in [0.717, 1.165) is 32.6 Å². The van der Waals surface area contributed by atoms with Gasteiger partial charge in [-0.15, -0.1) is 11.3 Å². The minimum atomic E-state index is 0.797. The molecule has 2 aromatic rings. The van der Waals surface area contributed by atoms with E-state index in [2.05, 4.69) is 10.1 Å². The van der Waals surface area contributed by atoms with Gasteiger partial charge in [-0.1, -0.05) is 12.1 Å². The molecule has 0 amide bonds. The molecule has 2 N–H and O–H groups in total. The van der Waals surface area contributed by atoms with Gasteiger partial charge in [-0.25, -0.2) is 4.98 Å². The smallest absolute Gasteiger partial charge is 0.129 e. The molecule has 0 aliphatic rings. The Morgan fingerprint density at radius 2 is 2.11 bits per heavy atom. The molecule has 1 aromatic heterocycles. The van der Waals surface area contributed by atoms with Crippen LogP contribution in [0.3, 0.4) is 0 Å². The molecule has 0 saturated heterocycles. The molecule has 0 aliphatic carbocycles. The lowest BCUT2D eigenvalue weighted by Crippen LogP contribution is -1.97. The molecule has 2 rings (SSSR count). The van der Waals surface area contributed by atoms with Gasteiger partial charge in [-0.3, -0.25) is 0 Å². The maximum absolute atomic E-state index is 5.35. The highest BCUT2D eigenvalue weighted by Gasteiger charge is 2.14. The van der Waals surface area contributed by atoms with Crippen LogP contribution in [0.15, 0.2) is 29.4 Å². The molecular weight excluding hydrogens is 246 g/mol. The summed E-state index contributed by atoms with van der Waals surface area (Å²) in [4.78, 5) is 5.57. The van der Waals surface area contributed by atoms with E-state index in [-0.39, 0.29) is 0 Å². The first kappa shape index (κ1) is 12.6. The third kappa shape index (κ3) is 2.22. The number of hydrogen-bond donors (Lipinski definition) is 1. The zero-order valence-corrected chi connectivity index (χ0v) is 11.4. The number of methoxy groups -OCH3 is 1. The van der Waals surface area contributed by atoms with Crippen molar-refractivity contribution in [2.24, 2.45) is 10.9 Å². The van der Waals surface area contributed by atoms with Crippen LogP contribution < -0.4 is 10.6 Å². The van der Waals surface area contributed by atoms with E-state index >= 15 is 0 Å². The van der Waals surface area contributed by atoms with Crippen LogP contribution in [0.2, 0.25) is 0 Å². The minimum absolute atomic E-state index is 0.797. The second-order valence-corrected chi connectivity index (χ2v) is 4.85. The van der Waals surface area contributed by atoms with Gasteiger partial charge >= 0.3 is 0 Å². The fourth-order valence-corrected chi connectivity index (χ4v) is 2.78. The molecule has 1 heterocycles. The predicted molar refractivity (Wildman–Crippen MR) is 75.2 cm³/mol. The molecule has 0 spiro atoms. The summed E-state index contributed by atoms with van der Waals surface area (Å²) >= 11 is 1.57. The summed E-state index contributed by atoms with van der Waals surface area (Å²) in [5, 5.41) is 4.64. The lowest BCUT2D eigenvalue weighted by molar-refractivity contribution is 0.416. The zero-order valence-electron chi connectivity index (χ0n) is 10.6. The second-order valence-electron chi connectivity index (χ2n) is 3.85. The number of aromatic nitrogens is 1. The normalized spacial score (nSPS) is 11.6. The van der Waals surface area contributed by atoms with Crippen LogP contribution in [0.5, 0.6) is 5.75 Å². The van der Waals surface area contributed by atoms with Crippen LogP contribution >= 0.6 is 11.3 Å². The van der Waals surface area contributed by atoms with Crippen LogP contribution in [-0.2, 0) is 0 Å². The number of nitrogens with zero attached hydrogens (tertiary/aromatic N) is 2. The molecule has 4 nitrogen and oxygen atoms in total. The summed E-state index contributed by atoms with van der Waals surface area (Å²) in [6.45, 7) is 3.84. The molecular formula is C13H15N3OS. The van der Waals surface area contributed by atoms with Gasteiger partial charge in [0.2, 0.25) is 0 Å². The van der Waals surface area contributed by atoms with E-state index in [9.17, 15) is 0 Å². The summed E-state index contributed by atoms with van der Waals surface area (Å²) in [7, 11) is 1.66. The first-order valence-corrected chi connectivity index (χ1v) is 6.34. The lowest BCUT2D eigenvalue weighted by atomic mass is 10.2. The van der Waals surface area contributed by atoms with E-state index in [1.54, 1.807) is 18.4 Å². The molecule has 0 aliphatic heterocycles. The fourth-order valence-electron chi connectivity index (χ4n) is 1.73. The monoisotopic (exact) mass is 261 g/mol. The molecule has 0 fully saturated rings. The molecule has 0 radical (unpaired) electrons. The van der Waals surface area contributed by atoms with Crippen molar-refractivity contribution in [1.29, 1.82) is 0 Å². The standard InChI is InChI=1S/C13H15N3OS/c1-8-12(9(2)16-14)18-13(15-8)10-6-4-5-7-11(10)17-3/h4-7H,14H2,1-3H3. The highest BCUT2D eigenvalue weighted by molar-refractivity contribution is 7.17. The van der Waals surface area contributed by atoms with E-state index in [1.807, 2.05) is 38.1 Å². The Kier molecular flexibility index (Phi) is 3.62. The SMILES string of the molecule is COc1ccccc1-c1nc(C)c(C(C)=NN)s1. The Hall–Kier alpha value is -1.88. The predicted octanol–water partition coefficient (Wildman–Crippen LogP) is 2.81. The molecule has 94 valence electrons. The molecule has 5 heteroatoms. The van der Waals surface area contributed by atoms with Crippen molar-refractivity contribution in [3.63, 3.8) is 0 Å². The summed E-state index contributed by atoms with van der Waals surface area (Å²) in [5.41, 5.74) is 2.72. The number of nitrogens with two attached hydrogens (primary N) is 1. The molecule has 0 atom stereocenters. The van der Waals surface area contributed by atoms with Crippen molar-refractivity contribution in [2.75, 3.05) is 7.11 Å². The number of benzene rings is 1. The van der Waals surface area contributed by atoms with Gasteiger partial charge < -0.3 is 10.6 Å². The third-order valence-corrected chi connectivity index (χ3v) is 3.96. The Morgan fingerprint density at radius 1 is 1.39 bits per heavy atom. The maximum Gasteiger partial charge on any atom is 0.129 e.